The molecule has 84 valence electrons. The van der Waals surface area contributed by atoms with E-state index >= 15 is 0 Å². The SMILES string of the molecule is Fc1cc(Cl)cc(NCCn2cccn2)c1. The maximum Gasteiger partial charge on any atom is 0.126 e. The molecular formula is C11H11ClFN3. The standard InChI is InChI=1S/C11H11ClFN3/c12-9-6-10(13)8-11(7-9)14-3-5-16-4-1-2-15-16/h1-2,4,6-8,14H,3,5H2. The summed E-state index contributed by atoms with van der Waals surface area (Å²) in [5, 5.41) is 7.53. The van der Waals surface area contributed by atoms with E-state index in [4.69, 9.17) is 11.6 Å². The molecule has 0 spiro atoms. The van der Waals surface area contributed by atoms with Crippen LogP contribution in [0.1, 0.15) is 0 Å². The predicted octanol–water partition coefficient (Wildman–Crippen LogP) is 2.79. The third-order valence-corrected chi connectivity index (χ3v) is 2.31. The summed E-state index contributed by atoms with van der Waals surface area (Å²) in [6.45, 7) is 1.39. The molecule has 0 saturated heterocycles. The van der Waals surface area contributed by atoms with E-state index in [2.05, 4.69) is 10.4 Å². The van der Waals surface area contributed by atoms with Crippen LogP contribution in [-0.2, 0) is 6.54 Å². The molecule has 3 nitrogen and oxygen atoms in total. The van der Waals surface area contributed by atoms with E-state index in [9.17, 15) is 4.39 Å². The van der Waals surface area contributed by atoms with E-state index in [0.29, 0.717) is 17.3 Å². The van der Waals surface area contributed by atoms with Gasteiger partial charge >= 0.3 is 0 Å². The van der Waals surface area contributed by atoms with Crippen molar-refractivity contribution in [2.75, 3.05) is 11.9 Å². The molecular weight excluding hydrogens is 229 g/mol. The molecule has 0 unspecified atom stereocenters. The molecule has 1 aromatic carbocycles. The van der Waals surface area contributed by atoms with Crippen LogP contribution >= 0.6 is 11.6 Å². The van der Waals surface area contributed by atoms with Gasteiger partial charge in [0, 0.05) is 29.6 Å². The van der Waals surface area contributed by atoms with E-state index < -0.39 is 0 Å². The van der Waals surface area contributed by atoms with Crippen LogP contribution < -0.4 is 5.32 Å². The number of hydrogen-bond acceptors (Lipinski definition) is 2. The van der Waals surface area contributed by atoms with Gasteiger partial charge in [0.15, 0.2) is 0 Å². The van der Waals surface area contributed by atoms with Crippen molar-refractivity contribution in [2.45, 2.75) is 6.54 Å². The summed E-state index contributed by atoms with van der Waals surface area (Å²) < 4.78 is 14.8. The summed E-state index contributed by atoms with van der Waals surface area (Å²) >= 11 is 5.73. The summed E-state index contributed by atoms with van der Waals surface area (Å²) in [6, 6.07) is 6.24. The number of nitrogens with one attached hydrogen (secondary N) is 1. The Balaban J connectivity index is 1.89. The van der Waals surface area contributed by atoms with Crippen LogP contribution in [0.4, 0.5) is 10.1 Å². The second kappa shape index (κ2) is 4.99. The fourth-order valence-corrected chi connectivity index (χ4v) is 1.63. The van der Waals surface area contributed by atoms with Crippen LogP contribution in [-0.4, -0.2) is 16.3 Å². The molecule has 0 radical (unpaired) electrons. The van der Waals surface area contributed by atoms with E-state index in [1.807, 2.05) is 12.3 Å². The third kappa shape index (κ3) is 2.97. The molecule has 0 fully saturated rings. The molecule has 0 aliphatic carbocycles. The summed E-state index contributed by atoms with van der Waals surface area (Å²) in [4.78, 5) is 0. The molecule has 1 N–H and O–H groups in total. The lowest BCUT2D eigenvalue weighted by Gasteiger charge is -2.07. The molecule has 0 atom stereocenters. The molecule has 0 aliphatic rings. The first-order valence-electron chi connectivity index (χ1n) is 4.91. The lowest BCUT2D eigenvalue weighted by molar-refractivity contribution is 0.625. The number of nitrogens with zero attached hydrogens (tertiary/aromatic N) is 2. The van der Waals surface area contributed by atoms with E-state index in [1.165, 1.54) is 12.1 Å². The monoisotopic (exact) mass is 239 g/mol. The number of anilines is 1. The van der Waals surface area contributed by atoms with Gasteiger partial charge in [0.2, 0.25) is 0 Å². The van der Waals surface area contributed by atoms with Crippen molar-refractivity contribution in [2.24, 2.45) is 0 Å². The maximum atomic E-state index is 13.0. The van der Waals surface area contributed by atoms with Crippen LogP contribution in [0.2, 0.25) is 5.02 Å². The summed E-state index contributed by atoms with van der Waals surface area (Å²) in [5.41, 5.74) is 0.678. The van der Waals surface area contributed by atoms with Gasteiger partial charge in [0.1, 0.15) is 5.82 Å². The summed E-state index contributed by atoms with van der Waals surface area (Å²) in [5.74, 6) is -0.339. The quantitative estimate of drug-likeness (QED) is 0.889. The lowest BCUT2D eigenvalue weighted by atomic mass is 10.3. The first-order valence-corrected chi connectivity index (χ1v) is 5.29. The second-order valence-corrected chi connectivity index (χ2v) is 3.79. The van der Waals surface area contributed by atoms with Gasteiger partial charge in [-0.2, -0.15) is 5.10 Å². The van der Waals surface area contributed by atoms with Crippen LogP contribution in [0.15, 0.2) is 36.7 Å². The van der Waals surface area contributed by atoms with Gasteiger partial charge in [-0.05, 0) is 24.3 Å². The van der Waals surface area contributed by atoms with E-state index in [0.717, 1.165) is 6.54 Å². The molecule has 16 heavy (non-hydrogen) atoms. The largest absolute Gasteiger partial charge is 0.383 e. The molecule has 1 aromatic heterocycles. The number of aromatic nitrogens is 2. The fourth-order valence-electron chi connectivity index (χ4n) is 1.40. The van der Waals surface area contributed by atoms with Crippen LogP contribution in [0.25, 0.3) is 0 Å². The zero-order chi connectivity index (χ0) is 11.4. The van der Waals surface area contributed by atoms with Crippen LogP contribution in [0, 0.1) is 5.82 Å². The molecule has 2 rings (SSSR count). The number of benzene rings is 1. The van der Waals surface area contributed by atoms with Gasteiger partial charge in [-0.25, -0.2) is 4.39 Å². The van der Waals surface area contributed by atoms with Crippen molar-refractivity contribution in [3.05, 3.63) is 47.5 Å². The van der Waals surface area contributed by atoms with Crippen molar-refractivity contribution in [1.29, 1.82) is 0 Å². The van der Waals surface area contributed by atoms with Gasteiger partial charge in [-0.1, -0.05) is 11.6 Å². The average Bonchev–Trinajstić information content (AvgIpc) is 2.69. The smallest absolute Gasteiger partial charge is 0.126 e. The number of rotatable bonds is 4. The Morgan fingerprint density at radius 1 is 1.38 bits per heavy atom. The first-order chi connectivity index (χ1) is 7.74. The van der Waals surface area contributed by atoms with Gasteiger partial charge in [-0.3, -0.25) is 4.68 Å². The average molecular weight is 240 g/mol. The van der Waals surface area contributed by atoms with Crippen molar-refractivity contribution < 1.29 is 4.39 Å². The van der Waals surface area contributed by atoms with Gasteiger partial charge in [-0.15, -0.1) is 0 Å². The van der Waals surface area contributed by atoms with Gasteiger partial charge in [0.25, 0.3) is 0 Å². The van der Waals surface area contributed by atoms with Crippen LogP contribution in [0.3, 0.4) is 0 Å². The topological polar surface area (TPSA) is 29.9 Å². The molecule has 0 amide bonds. The molecule has 1 heterocycles. The second-order valence-electron chi connectivity index (χ2n) is 3.35. The normalized spacial score (nSPS) is 10.4. The predicted molar refractivity (Wildman–Crippen MR) is 62.1 cm³/mol. The van der Waals surface area contributed by atoms with Gasteiger partial charge < -0.3 is 5.32 Å². The summed E-state index contributed by atoms with van der Waals surface area (Å²) in [7, 11) is 0. The maximum absolute atomic E-state index is 13.0. The highest BCUT2D eigenvalue weighted by molar-refractivity contribution is 6.30. The molecule has 2 aromatic rings. The Labute approximate surface area is 97.8 Å². The highest BCUT2D eigenvalue weighted by Crippen LogP contribution is 2.17. The fraction of sp³-hybridized carbons (Fsp3) is 0.182. The van der Waals surface area contributed by atoms with Crippen molar-refractivity contribution >= 4 is 17.3 Å². The Bertz CT molecular complexity index is 436. The van der Waals surface area contributed by atoms with E-state index in [-0.39, 0.29) is 5.82 Å². The Morgan fingerprint density at radius 3 is 2.94 bits per heavy atom. The molecule has 5 heteroatoms. The molecule has 0 aliphatic heterocycles. The zero-order valence-electron chi connectivity index (χ0n) is 8.53. The number of hydrogen-bond donors (Lipinski definition) is 1. The zero-order valence-corrected chi connectivity index (χ0v) is 9.28. The molecule has 0 bridgehead atoms. The number of halogens is 2. The van der Waals surface area contributed by atoms with E-state index in [1.54, 1.807) is 16.9 Å². The Morgan fingerprint density at radius 2 is 2.25 bits per heavy atom. The minimum atomic E-state index is -0.339. The van der Waals surface area contributed by atoms with Crippen molar-refractivity contribution in [1.82, 2.24) is 9.78 Å². The van der Waals surface area contributed by atoms with Crippen LogP contribution in [0.5, 0.6) is 0 Å². The molecule has 0 saturated carbocycles. The first kappa shape index (κ1) is 11.0. The van der Waals surface area contributed by atoms with Crippen molar-refractivity contribution in [3.8, 4) is 0 Å². The minimum absolute atomic E-state index is 0.339. The van der Waals surface area contributed by atoms with Gasteiger partial charge in [0.05, 0.1) is 6.54 Å². The third-order valence-electron chi connectivity index (χ3n) is 2.09. The Kier molecular flexibility index (Phi) is 3.41. The summed E-state index contributed by atoms with van der Waals surface area (Å²) in [6.07, 6.45) is 3.60. The minimum Gasteiger partial charge on any atom is -0.383 e. The Hall–Kier alpha value is -1.55. The highest BCUT2D eigenvalue weighted by atomic mass is 35.5. The highest BCUT2D eigenvalue weighted by Gasteiger charge is 1.98. The van der Waals surface area contributed by atoms with Crippen molar-refractivity contribution in [3.63, 3.8) is 0 Å². The lowest BCUT2D eigenvalue weighted by Crippen LogP contribution is -2.10.